The van der Waals surface area contributed by atoms with Gasteiger partial charge in [-0.15, -0.1) is 0 Å². The Balaban J connectivity index is 2.02. The van der Waals surface area contributed by atoms with Gasteiger partial charge in [0.2, 0.25) is 0 Å². The smallest absolute Gasteiger partial charge is 0.182 e. The van der Waals surface area contributed by atoms with Crippen molar-refractivity contribution in [2.24, 2.45) is 0 Å². The van der Waals surface area contributed by atoms with Crippen LogP contribution in [-0.4, -0.2) is 34.0 Å². The lowest BCUT2D eigenvalue weighted by Gasteiger charge is -2.15. The Hall–Kier alpha value is -3.29. The molecule has 8 heteroatoms. The Kier molecular flexibility index (Phi) is 4.42. The van der Waals surface area contributed by atoms with Gasteiger partial charge in [0.15, 0.2) is 11.6 Å². The van der Waals surface area contributed by atoms with E-state index >= 15 is 0 Å². The van der Waals surface area contributed by atoms with Gasteiger partial charge in [-0.05, 0) is 32.0 Å². The lowest BCUT2D eigenvalue weighted by Crippen LogP contribution is -2.10. The molecule has 8 nitrogen and oxygen atoms in total. The number of nitrogens with zero attached hydrogens (tertiary/aromatic N) is 4. The minimum Gasteiger partial charge on any atom is -0.497 e. The molecule has 0 aliphatic heterocycles. The van der Waals surface area contributed by atoms with Crippen molar-refractivity contribution in [1.29, 1.82) is 0 Å². The van der Waals surface area contributed by atoms with Crippen molar-refractivity contribution < 1.29 is 9.47 Å². The molecular formula is C17H20N6O2. The first-order chi connectivity index (χ1) is 12.0. The Morgan fingerprint density at radius 1 is 1.08 bits per heavy atom. The largest absolute Gasteiger partial charge is 0.497 e. The molecule has 130 valence electrons. The number of nitrogens with two attached hydrogens (primary N) is 1. The molecule has 3 rings (SSSR count). The summed E-state index contributed by atoms with van der Waals surface area (Å²) in [5.74, 6) is 2.32. The first kappa shape index (κ1) is 16.6. The van der Waals surface area contributed by atoms with Crippen LogP contribution in [0.15, 0.2) is 30.6 Å². The van der Waals surface area contributed by atoms with E-state index in [1.807, 2.05) is 32.0 Å². The van der Waals surface area contributed by atoms with Crippen LogP contribution < -0.4 is 20.5 Å². The molecule has 0 aliphatic rings. The zero-order chi connectivity index (χ0) is 18.0. The zero-order valence-corrected chi connectivity index (χ0v) is 14.6. The summed E-state index contributed by atoms with van der Waals surface area (Å²) in [6, 6.07) is 7.39. The second-order valence-corrected chi connectivity index (χ2v) is 5.49. The van der Waals surface area contributed by atoms with Gasteiger partial charge in [-0.3, -0.25) is 0 Å². The lowest BCUT2D eigenvalue weighted by atomic mass is 10.2. The predicted molar refractivity (Wildman–Crippen MR) is 95.9 cm³/mol. The average Bonchev–Trinajstić information content (AvgIpc) is 2.94. The van der Waals surface area contributed by atoms with Crippen molar-refractivity contribution in [2.45, 2.75) is 13.8 Å². The third-order valence-electron chi connectivity index (χ3n) is 3.73. The van der Waals surface area contributed by atoms with E-state index in [1.165, 1.54) is 6.33 Å². The number of benzene rings is 1. The first-order valence-electron chi connectivity index (χ1n) is 7.66. The highest BCUT2D eigenvalue weighted by Gasteiger charge is 2.15. The van der Waals surface area contributed by atoms with Gasteiger partial charge in [0, 0.05) is 11.8 Å². The van der Waals surface area contributed by atoms with Crippen molar-refractivity contribution in [3.05, 3.63) is 42.0 Å². The molecule has 2 heterocycles. The molecule has 3 aromatic rings. The van der Waals surface area contributed by atoms with Crippen LogP contribution in [0.3, 0.4) is 0 Å². The highest BCUT2D eigenvalue weighted by atomic mass is 16.5. The number of anilines is 3. The van der Waals surface area contributed by atoms with Crippen LogP contribution in [0.4, 0.5) is 17.2 Å². The van der Waals surface area contributed by atoms with E-state index in [-0.39, 0.29) is 0 Å². The van der Waals surface area contributed by atoms with E-state index in [4.69, 9.17) is 15.2 Å². The maximum Gasteiger partial charge on any atom is 0.182 e. The Bertz CT molecular complexity index is 906. The highest BCUT2D eigenvalue weighted by molar-refractivity contribution is 5.76. The first-order valence-corrected chi connectivity index (χ1v) is 7.66. The number of rotatable bonds is 5. The van der Waals surface area contributed by atoms with Gasteiger partial charge in [0.05, 0.1) is 25.6 Å². The molecule has 0 spiro atoms. The SMILES string of the molecule is COc1ccc(OC)c(Nc2ncnc(-n3nc(C)cc3C)c2N)c1. The zero-order valence-electron chi connectivity index (χ0n) is 14.6. The molecule has 3 N–H and O–H groups in total. The van der Waals surface area contributed by atoms with E-state index in [1.54, 1.807) is 25.0 Å². The molecule has 0 saturated carbocycles. The fourth-order valence-corrected chi connectivity index (χ4v) is 2.54. The van der Waals surface area contributed by atoms with Crippen molar-refractivity contribution in [3.8, 4) is 17.3 Å². The number of hydrogen-bond donors (Lipinski definition) is 2. The molecular weight excluding hydrogens is 320 g/mol. The number of ether oxygens (including phenoxy) is 2. The maximum absolute atomic E-state index is 6.28. The number of hydrogen-bond acceptors (Lipinski definition) is 7. The molecule has 0 unspecified atom stereocenters. The van der Waals surface area contributed by atoms with Crippen LogP contribution in [-0.2, 0) is 0 Å². The minimum atomic E-state index is 0.388. The molecule has 0 saturated heterocycles. The molecule has 0 fully saturated rings. The average molecular weight is 340 g/mol. The normalized spacial score (nSPS) is 10.6. The number of methoxy groups -OCH3 is 2. The monoisotopic (exact) mass is 340 g/mol. The molecule has 1 aromatic carbocycles. The topological polar surface area (TPSA) is 100 Å². The maximum atomic E-state index is 6.28. The Morgan fingerprint density at radius 3 is 2.52 bits per heavy atom. The summed E-state index contributed by atoms with van der Waals surface area (Å²) in [4.78, 5) is 8.51. The summed E-state index contributed by atoms with van der Waals surface area (Å²) >= 11 is 0. The van der Waals surface area contributed by atoms with Gasteiger partial charge in [-0.1, -0.05) is 0 Å². The Morgan fingerprint density at radius 2 is 1.88 bits per heavy atom. The van der Waals surface area contributed by atoms with Crippen molar-refractivity contribution in [2.75, 3.05) is 25.3 Å². The highest BCUT2D eigenvalue weighted by Crippen LogP contribution is 2.33. The molecule has 2 aromatic heterocycles. The van der Waals surface area contributed by atoms with E-state index in [0.717, 1.165) is 11.4 Å². The van der Waals surface area contributed by atoms with Crippen LogP contribution in [0.25, 0.3) is 5.82 Å². The summed E-state index contributed by atoms with van der Waals surface area (Å²) in [6.07, 6.45) is 1.44. The van der Waals surface area contributed by atoms with E-state index in [2.05, 4.69) is 20.4 Å². The molecule has 0 aliphatic carbocycles. The summed E-state index contributed by atoms with van der Waals surface area (Å²) in [5, 5.41) is 7.61. The Labute approximate surface area is 145 Å². The third kappa shape index (κ3) is 3.18. The lowest BCUT2D eigenvalue weighted by molar-refractivity contribution is 0.405. The van der Waals surface area contributed by atoms with E-state index < -0.39 is 0 Å². The fourth-order valence-electron chi connectivity index (χ4n) is 2.54. The predicted octanol–water partition coefficient (Wildman–Crippen LogP) is 2.62. The molecule has 0 atom stereocenters. The van der Waals surface area contributed by atoms with E-state index in [0.29, 0.717) is 34.5 Å². The van der Waals surface area contributed by atoms with Crippen molar-refractivity contribution in [3.63, 3.8) is 0 Å². The summed E-state index contributed by atoms with van der Waals surface area (Å²) in [5.41, 5.74) is 9.18. The fraction of sp³-hybridized carbons (Fsp3) is 0.235. The molecule has 0 amide bonds. The third-order valence-corrected chi connectivity index (χ3v) is 3.73. The van der Waals surface area contributed by atoms with E-state index in [9.17, 15) is 0 Å². The second-order valence-electron chi connectivity index (χ2n) is 5.49. The summed E-state index contributed by atoms with van der Waals surface area (Å²) in [6.45, 7) is 3.86. The van der Waals surface area contributed by atoms with Crippen LogP contribution in [0.1, 0.15) is 11.4 Å². The van der Waals surface area contributed by atoms with Crippen LogP contribution in [0, 0.1) is 13.8 Å². The van der Waals surface area contributed by atoms with Gasteiger partial charge >= 0.3 is 0 Å². The van der Waals surface area contributed by atoms with Crippen molar-refractivity contribution in [1.82, 2.24) is 19.7 Å². The quantitative estimate of drug-likeness (QED) is 0.736. The second kappa shape index (κ2) is 6.68. The van der Waals surface area contributed by atoms with Crippen LogP contribution in [0.2, 0.25) is 0 Å². The van der Waals surface area contributed by atoms with Crippen LogP contribution >= 0.6 is 0 Å². The number of aromatic nitrogens is 4. The number of nitrogens with one attached hydrogen (secondary N) is 1. The number of nitrogen functional groups attached to an aromatic ring is 1. The molecule has 0 bridgehead atoms. The minimum absolute atomic E-state index is 0.388. The van der Waals surface area contributed by atoms with Gasteiger partial charge in [0.25, 0.3) is 0 Å². The summed E-state index contributed by atoms with van der Waals surface area (Å²) in [7, 11) is 3.20. The van der Waals surface area contributed by atoms with Gasteiger partial charge in [0.1, 0.15) is 23.5 Å². The van der Waals surface area contributed by atoms with Gasteiger partial charge in [-0.2, -0.15) is 5.10 Å². The van der Waals surface area contributed by atoms with Gasteiger partial charge in [-0.25, -0.2) is 14.6 Å². The van der Waals surface area contributed by atoms with Gasteiger partial charge < -0.3 is 20.5 Å². The van der Waals surface area contributed by atoms with Crippen LogP contribution in [0.5, 0.6) is 11.5 Å². The summed E-state index contributed by atoms with van der Waals surface area (Å²) < 4.78 is 12.3. The molecule has 0 radical (unpaired) electrons. The number of aryl methyl sites for hydroxylation is 2. The standard InChI is InChI=1S/C17H20N6O2/c1-10-7-11(2)23(22-10)17-15(18)16(19-9-20-17)21-13-8-12(24-3)5-6-14(13)25-4/h5-9H,18H2,1-4H3,(H,19,20,21). The van der Waals surface area contributed by atoms with Crippen molar-refractivity contribution >= 4 is 17.2 Å². The molecule has 25 heavy (non-hydrogen) atoms.